The van der Waals surface area contributed by atoms with Crippen LogP contribution in [0, 0.1) is 6.92 Å². The van der Waals surface area contributed by atoms with Gasteiger partial charge in [-0.05, 0) is 19.1 Å². The van der Waals surface area contributed by atoms with Crippen LogP contribution in [0.2, 0.25) is 0 Å². The van der Waals surface area contributed by atoms with Gasteiger partial charge in [-0.25, -0.2) is 4.98 Å². The Morgan fingerprint density at radius 3 is 3.00 bits per heavy atom. The van der Waals surface area contributed by atoms with E-state index in [1.807, 2.05) is 19.1 Å². The number of furan rings is 1. The van der Waals surface area contributed by atoms with Crippen molar-refractivity contribution in [2.45, 2.75) is 12.3 Å². The van der Waals surface area contributed by atoms with Gasteiger partial charge in [0, 0.05) is 10.2 Å². The molecule has 0 saturated carbocycles. The fraction of sp³-hybridized carbons (Fsp3) is 0.222. The van der Waals surface area contributed by atoms with E-state index in [2.05, 4.69) is 20.9 Å². The molecular formula is C9H8BrNOS. The van der Waals surface area contributed by atoms with Gasteiger partial charge >= 0.3 is 0 Å². The Balaban J connectivity index is 2.43. The molecule has 2 aromatic heterocycles. The van der Waals surface area contributed by atoms with Crippen LogP contribution in [0.1, 0.15) is 10.6 Å². The average molecular weight is 258 g/mol. The van der Waals surface area contributed by atoms with Crippen LogP contribution in [-0.2, 0) is 5.33 Å². The van der Waals surface area contributed by atoms with Gasteiger partial charge in [0.05, 0.1) is 12.0 Å². The quantitative estimate of drug-likeness (QED) is 0.769. The first-order chi connectivity index (χ1) is 6.31. The maximum absolute atomic E-state index is 5.26. The number of alkyl halides is 1. The number of aryl methyl sites for hydroxylation is 1. The summed E-state index contributed by atoms with van der Waals surface area (Å²) in [6.07, 6.45) is 1.67. The van der Waals surface area contributed by atoms with Crippen LogP contribution in [-0.4, -0.2) is 4.98 Å². The molecule has 2 heterocycles. The molecule has 0 aliphatic heterocycles. The molecular weight excluding hydrogens is 250 g/mol. The predicted molar refractivity (Wildman–Crippen MR) is 57.2 cm³/mol. The first kappa shape index (κ1) is 8.97. The van der Waals surface area contributed by atoms with Crippen molar-refractivity contribution in [1.29, 1.82) is 0 Å². The highest BCUT2D eigenvalue weighted by molar-refractivity contribution is 9.08. The third-order valence-corrected chi connectivity index (χ3v) is 3.85. The van der Waals surface area contributed by atoms with Gasteiger partial charge in [-0.3, -0.25) is 0 Å². The van der Waals surface area contributed by atoms with Crippen molar-refractivity contribution in [3.63, 3.8) is 0 Å². The molecule has 0 radical (unpaired) electrons. The molecule has 0 unspecified atom stereocenters. The van der Waals surface area contributed by atoms with Crippen molar-refractivity contribution < 1.29 is 4.42 Å². The summed E-state index contributed by atoms with van der Waals surface area (Å²) in [5, 5.41) is 1.81. The van der Waals surface area contributed by atoms with E-state index in [1.54, 1.807) is 17.6 Å². The minimum absolute atomic E-state index is 0.848. The topological polar surface area (TPSA) is 26.0 Å². The molecule has 0 aromatic carbocycles. The van der Waals surface area contributed by atoms with E-state index < -0.39 is 0 Å². The van der Waals surface area contributed by atoms with Gasteiger partial charge in [0.25, 0.3) is 0 Å². The van der Waals surface area contributed by atoms with Crippen LogP contribution >= 0.6 is 27.3 Å². The predicted octanol–water partition coefficient (Wildman–Crippen LogP) is 3.61. The standard InChI is InChI=1S/C9H8BrNOS/c1-6-8(5-10)13-9(11-6)7-3-2-4-12-7/h2-4H,5H2,1H3. The van der Waals surface area contributed by atoms with Gasteiger partial charge in [-0.1, -0.05) is 15.9 Å². The van der Waals surface area contributed by atoms with E-state index in [0.717, 1.165) is 21.8 Å². The zero-order valence-electron chi connectivity index (χ0n) is 7.08. The van der Waals surface area contributed by atoms with E-state index in [4.69, 9.17) is 4.42 Å². The summed E-state index contributed by atoms with van der Waals surface area (Å²) in [7, 11) is 0. The SMILES string of the molecule is Cc1nc(-c2ccco2)sc1CBr. The van der Waals surface area contributed by atoms with Crippen LogP contribution in [0.4, 0.5) is 0 Å². The van der Waals surface area contributed by atoms with Crippen LogP contribution in [0.3, 0.4) is 0 Å². The summed E-state index contributed by atoms with van der Waals surface area (Å²) in [6.45, 7) is 2.01. The Hall–Kier alpha value is -0.610. The van der Waals surface area contributed by atoms with Crippen molar-refractivity contribution >= 4 is 27.3 Å². The molecule has 0 atom stereocenters. The van der Waals surface area contributed by atoms with Gasteiger partial charge in [0.1, 0.15) is 0 Å². The van der Waals surface area contributed by atoms with Gasteiger partial charge in [-0.2, -0.15) is 0 Å². The van der Waals surface area contributed by atoms with Crippen molar-refractivity contribution in [3.8, 4) is 10.8 Å². The second kappa shape index (κ2) is 3.64. The minimum atomic E-state index is 0.848. The zero-order valence-corrected chi connectivity index (χ0v) is 9.48. The molecule has 0 fully saturated rings. The lowest BCUT2D eigenvalue weighted by molar-refractivity contribution is 0.581. The summed E-state index contributed by atoms with van der Waals surface area (Å²) in [4.78, 5) is 5.67. The van der Waals surface area contributed by atoms with Crippen LogP contribution in [0.5, 0.6) is 0 Å². The largest absolute Gasteiger partial charge is 0.462 e. The summed E-state index contributed by atoms with van der Waals surface area (Å²) >= 11 is 5.09. The third-order valence-electron chi connectivity index (χ3n) is 1.75. The first-order valence-corrected chi connectivity index (χ1v) is 5.81. The smallest absolute Gasteiger partial charge is 0.162 e. The van der Waals surface area contributed by atoms with Crippen molar-refractivity contribution in [2.24, 2.45) is 0 Å². The Labute approximate surface area is 88.7 Å². The highest BCUT2D eigenvalue weighted by atomic mass is 79.9. The zero-order chi connectivity index (χ0) is 9.26. The van der Waals surface area contributed by atoms with Gasteiger partial charge in [-0.15, -0.1) is 11.3 Å². The van der Waals surface area contributed by atoms with Crippen LogP contribution in [0.15, 0.2) is 22.8 Å². The average Bonchev–Trinajstić information content (AvgIpc) is 2.71. The molecule has 2 rings (SSSR count). The number of hydrogen-bond donors (Lipinski definition) is 0. The molecule has 68 valence electrons. The minimum Gasteiger partial charge on any atom is -0.462 e. The summed E-state index contributed by atoms with van der Waals surface area (Å²) in [6, 6.07) is 3.80. The molecule has 0 bridgehead atoms. The molecule has 0 aliphatic rings. The van der Waals surface area contributed by atoms with Crippen molar-refractivity contribution in [3.05, 3.63) is 29.0 Å². The number of hydrogen-bond acceptors (Lipinski definition) is 3. The Morgan fingerprint density at radius 2 is 2.46 bits per heavy atom. The van der Waals surface area contributed by atoms with Gasteiger partial charge in [0.15, 0.2) is 10.8 Å². The van der Waals surface area contributed by atoms with Gasteiger partial charge in [0.2, 0.25) is 0 Å². The first-order valence-electron chi connectivity index (χ1n) is 3.87. The number of nitrogens with zero attached hydrogens (tertiary/aromatic N) is 1. The maximum Gasteiger partial charge on any atom is 0.162 e. The molecule has 2 aromatic rings. The number of thiazole rings is 1. The molecule has 13 heavy (non-hydrogen) atoms. The van der Waals surface area contributed by atoms with Crippen LogP contribution in [0.25, 0.3) is 10.8 Å². The monoisotopic (exact) mass is 257 g/mol. The highest BCUT2D eigenvalue weighted by Gasteiger charge is 2.09. The van der Waals surface area contributed by atoms with E-state index in [0.29, 0.717) is 0 Å². The molecule has 4 heteroatoms. The number of halogens is 1. The summed E-state index contributed by atoms with van der Waals surface area (Å²) < 4.78 is 5.26. The van der Waals surface area contributed by atoms with E-state index in [-0.39, 0.29) is 0 Å². The molecule has 2 nitrogen and oxygen atoms in total. The summed E-state index contributed by atoms with van der Waals surface area (Å²) in [5.74, 6) is 0.848. The van der Waals surface area contributed by atoms with Crippen molar-refractivity contribution in [1.82, 2.24) is 4.98 Å². The van der Waals surface area contributed by atoms with Gasteiger partial charge < -0.3 is 4.42 Å². The lowest BCUT2D eigenvalue weighted by Gasteiger charge is -1.85. The Kier molecular flexibility index (Phi) is 2.51. The molecule has 0 amide bonds. The normalized spacial score (nSPS) is 10.6. The second-order valence-electron chi connectivity index (χ2n) is 2.64. The molecule has 0 aliphatic carbocycles. The van der Waals surface area contributed by atoms with Crippen LogP contribution < -0.4 is 0 Å². The molecule has 0 saturated heterocycles. The molecule has 0 N–H and O–H groups in total. The fourth-order valence-corrected chi connectivity index (χ4v) is 2.69. The lowest BCUT2D eigenvalue weighted by Crippen LogP contribution is -1.76. The summed E-state index contributed by atoms with van der Waals surface area (Å²) in [5.41, 5.74) is 1.08. The van der Waals surface area contributed by atoms with E-state index in [1.165, 1.54) is 4.88 Å². The number of rotatable bonds is 2. The molecule has 0 spiro atoms. The fourth-order valence-electron chi connectivity index (χ4n) is 1.06. The highest BCUT2D eigenvalue weighted by Crippen LogP contribution is 2.29. The Bertz CT molecular complexity index is 394. The number of aromatic nitrogens is 1. The maximum atomic E-state index is 5.26. The second-order valence-corrected chi connectivity index (χ2v) is 4.28. The third kappa shape index (κ3) is 1.69. The lowest BCUT2D eigenvalue weighted by atomic mass is 10.4. The van der Waals surface area contributed by atoms with E-state index >= 15 is 0 Å². The van der Waals surface area contributed by atoms with E-state index in [9.17, 15) is 0 Å². The van der Waals surface area contributed by atoms with Crippen molar-refractivity contribution in [2.75, 3.05) is 0 Å². The Morgan fingerprint density at radius 1 is 1.62 bits per heavy atom.